The van der Waals surface area contributed by atoms with E-state index in [0.29, 0.717) is 16.1 Å². The van der Waals surface area contributed by atoms with Crippen LogP contribution in [0.4, 0.5) is 0 Å². The van der Waals surface area contributed by atoms with E-state index in [0.717, 1.165) is 10.0 Å². The molecule has 20 heavy (non-hydrogen) atoms. The zero-order valence-corrected chi connectivity index (χ0v) is 15.4. The van der Waals surface area contributed by atoms with Gasteiger partial charge in [-0.2, -0.15) is 0 Å². The summed E-state index contributed by atoms with van der Waals surface area (Å²) in [4.78, 5) is 0. The number of aromatic hydroxyl groups is 1. The van der Waals surface area contributed by atoms with Crippen molar-refractivity contribution in [3.8, 4) is 11.5 Å². The third-order valence-electron chi connectivity index (χ3n) is 3.91. The highest BCUT2D eigenvalue weighted by Gasteiger charge is 2.26. The van der Waals surface area contributed by atoms with Gasteiger partial charge in [-0.3, -0.25) is 0 Å². The van der Waals surface area contributed by atoms with Crippen LogP contribution in [0.5, 0.6) is 11.5 Å². The van der Waals surface area contributed by atoms with Gasteiger partial charge in [0.2, 0.25) is 0 Å². The first-order valence-electron chi connectivity index (χ1n) is 6.56. The summed E-state index contributed by atoms with van der Waals surface area (Å²) in [5.41, 5.74) is 7.42. The van der Waals surface area contributed by atoms with Gasteiger partial charge in [0.05, 0.1) is 11.6 Å². The number of phenols is 1. The lowest BCUT2D eigenvalue weighted by Gasteiger charge is -2.29. The standard InChI is InChI=1S/C14H19Br2NO2.ClH/c1-19-10-7-9(11(15)12(16)14(10)18)13(17)8-5-3-2-4-6-8;/h7-8,13,18H,2-6,17H2,1H3;1H/t13-;/m0./s1. The van der Waals surface area contributed by atoms with E-state index in [-0.39, 0.29) is 24.2 Å². The van der Waals surface area contributed by atoms with Crippen LogP contribution < -0.4 is 10.5 Å². The Balaban J connectivity index is 0.00000200. The molecule has 0 saturated heterocycles. The fourth-order valence-corrected chi connectivity index (χ4v) is 3.75. The van der Waals surface area contributed by atoms with Gasteiger partial charge in [0.25, 0.3) is 0 Å². The molecule has 2 rings (SSSR count). The van der Waals surface area contributed by atoms with Gasteiger partial charge in [-0.15, -0.1) is 12.4 Å². The van der Waals surface area contributed by atoms with Crippen LogP contribution in [-0.4, -0.2) is 12.2 Å². The second-order valence-corrected chi connectivity index (χ2v) is 6.65. The van der Waals surface area contributed by atoms with Gasteiger partial charge >= 0.3 is 0 Å². The molecule has 114 valence electrons. The minimum Gasteiger partial charge on any atom is -0.503 e. The molecule has 0 aromatic heterocycles. The molecule has 1 aromatic rings. The van der Waals surface area contributed by atoms with Gasteiger partial charge in [-0.1, -0.05) is 19.3 Å². The normalized spacial score (nSPS) is 17.4. The van der Waals surface area contributed by atoms with E-state index in [2.05, 4.69) is 31.9 Å². The summed E-state index contributed by atoms with van der Waals surface area (Å²) < 4.78 is 6.63. The Morgan fingerprint density at radius 3 is 2.40 bits per heavy atom. The van der Waals surface area contributed by atoms with Gasteiger partial charge in [0.1, 0.15) is 0 Å². The van der Waals surface area contributed by atoms with Crippen molar-refractivity contribution in [3.05, 3.63) is 20.6 Å². The number of nitrogens with two attached hydrogens (primary N) is 1. The first-order valence-corrected chi connectivity index (χ1v) is 8.15. The first kappa shape index (κ1) is 18.1. The van der Waals surface area contributed by atoms with Crippen LogP contribution in [0.2, 0.25) is 0 Å². The third kappa shape index (κ3) is 3.62. The maximum absolute atomic E-state index is 9.95. The molecule has 1 aromatic carbocycles. The lowest BCUT2D eigenvalue weighted by atomic mass is 9.81. The molecule has 1 fully saturated rings. The van der Waals surface area contributed by atoms with E-state index in [1.165, 1.54) is 32.1 Å². The van der Waals surface area contributed by atoms with Crippen molar-refractivity contribution >= 4 is 44.3 Å². The van der Waals surface area contributed by atoms with Crippen LogP contribution in [0.3, 0.4) is 0 Å². The predicted octanol–water partition coefficient (Wildman–Crippen LogP) is 4.93. The van der Waals surface area contributed by atoms with Gasteiger partial charge in [0, 0.05) is 10.5 Å². The lowest BCUT2D eigenvalue weighted by molar-refractivity contribution is 0.306. The average Bonchev–Trinajstić information content (AvgIpc) is 2.45. The van der Waals surface area contributed by atoms with Crippen LogP contribution in [0.25, 0.3) is 0 Å². The number of methoxy groups -OCH3 is 1. The predicted molar refractivity (Wildman–Crippen MR) is 90.8 cm³/mol. The Labute approximate surface area is 142 Å². The summed E-state index contributed by atoms with van der Waals surface area (Å²) in [5.74, 6) is 1.07. The summed E-state index contributed by atoms with van der Waals surface area (Å²) in [5, 5.41) is 9.95. The molecule has 1 aliphatic carbocycles. The van der Waals surface area contributed by atoms with Gasteiger partial charge in [-0.25, -0.2) is 0 Å². The SMILES string of the molecule is COc1cc([C@@H](N)C2CCCCC2)c(Br)c(Br)c1O.Cl. The molecule has 1 aliphatic rings. The van der Waals surface area contributed by atoms with Crippen molar-refractivity contribution < 1.29 is 9.84 Å². The topological polar surface area (TPSA) is 55.5 Å². The van der Waals surface area contributed by atoms with Crippen molar-refractivity contribution in [1.82, 2.24) is 0 Å². The Hall–Kier alpha value is 0.0300. The second-order valence-electron chi connectivity index (χ2n) is 5.07. The molecular weight excluding hydrogens is 409 g/mol. The third-order valence-corrected chi connectivity index (χ3v) is 6.07. The summed E-state index contributed by atoms with van der Waals surface area (Å²) in [6, 6.07) is 1.81. The molecule has 6 heteroatoms. The van der Waals surface area contributed by atoms with Crippen molar-refractivity contribution in [2.75, 3.05) is 7.11 Å². The molecule has 0 amide bonds. The molecular formula is C14H20Br2ClNO2. The van der Waals surface area contributed by atoms with E-state index in [1.807, 2.05) is 6.07 Å². The van der Waals surface area contributed by atoms with E-state index < -0.39 is 0 Å². The van der Waals surface area contributed by atoms with E-state index in [9.17, 15) is 5.11 Å². The van der Waals surface area contributed by atoms with Crippen LogP contribution in [-0.2, 0) is 0 Å². The Morgan fingerprint density at radius 1 is 1.25 bits per heavy atom. The molecule has 1 atom stereocenters. The van der Waals surface area contributed by atoms with Crippen molar-refractivity contribution in [1.29, 1.82) is 0 Å². The molecule has 0 spiro atoms. The summed E-state index contributed by atoms with van der Waals surface area (Å²) in [6.07, 6.45) is 6.18. The summed E-state index contributed by atoms with van der Waals surface area (Å²) in [6.45, 7) is 0. The smallest absolute Gasteiger partial charge is 0.173 e. The maximum atomic E-state index is 9.95. The van der Waals surface area contributed by atoms with Crippen LogP contribution in [0, 0.1) is 5.92 Å². The number of hydrogen-bond donors (Lipinski definition) is 2. The number of rotatable bonds is 3. The van der Waals surface area contributed by atoms with Gasteiger partial charge in [0.15, 0.2) is 11.5 Å². The molecule has 0 aliphatic heterocycles. The molecule has 0 radical (unpaired) electrons. The average molecular weight is 430 g/mol. The Bertz CT molecular complexity index is 465. The van der Waals surface area contributed by atoms with Gasteiger partial charge < -0.3 is 15.6 Å². The number of ether oxygens (including phenoxy) is 1. The fraction of sp³-hybridized carbons (Fsp3) is 0.571. The van der Waals surface area contributed by atoms with Crippen LogP contribution in [0.15, 0.2) is 15.0 Å². The monoisotopic (exact) mass is 427 g/mol. The summed E-state index contributed by atoms with van der Waals surface area (Å²) in [7, 11) is 1.55. The minimum absolute atomic E-state index is 0. The second kappa shape index (κ2) is 7.87. The highest BCUT2D eigenvalue weighted by molar-refractivity contribution is 9.13. The van der Waals surface area contributed by atoms with Gasteiger partial charge in [-0.05, 0) is 62.2 Å². The number of phenolic OH excluding ortho intramolecular Hbond substituents is 1. The van der Waals surface area contributed by atoms with E-state index in [4.69, 9.17) is 10.5 Å². The molecule has 0 unspecified atom stereocenters. The Kier molecular flexibility index (Phi) is 7.12. The summed E-state index contributed by atoms with van der Waals surface area (Å²) >= 11 is 6.90. The maximum Gasteiger partial charge on any atom is 0.173 e. The highest BCUT2D eigenvalue weighted by atomic mass is 79.9. The highest BCUT2D eigenvalue weighted by Crippen LogP contribution is 2.45. The van der Waals surface area contributed by atoms with Crippen molar-refractivity contribution in [2.45, 2.75) is 38.1 Å². The van der Waals surface area contributed by atoms with Crippen molar-refractivity contribution in [3.63, 3.8) is 0 Å². The Morgan fingerprint density at radius 2 is 1.85 bits per heavy atom. The molecule has 3 nitrogen and oxygen atoms in total. The number of halogens is 3. The minimum atomic E-state index is -0.0273. The number of benzene rings is 1. The molecule has 0 bridgehead atoms. The van der Waals surface area contributed by atoms with Crippen LogP contribution in [0.1, 0.15) is 43.7 Å². The van der Waals surface area contributed by atoms with E-state index in [1.54, 1.807) is 7.11 Å². The molecule has 3 N–H and O–H groups in total. The lowest BCUT2D eigenvalue weighted by Crippen LogP contribution is -2.24. The largest absolute Gasteiger partial charge is 0.503 e. The quantitative estimate of drug-likeness (QED) is 0.717. The first-order chi connectivity index (χ1) is 9.06. The zero-order chi connectivity index (χ0) is 14.0. The van der Waals surface area contributed by atoms with E-state index >= 15 is 0 Å². The zero-order valence-electron chi connectivity index (χ0n) is 11.4. The molecule has 1 saturated carbocycles. The molecule has 0 heterocycles. The van der Waals surface area contributed by atoms with Crippen LogP contribution >= 0.6 is 44.3 Å². The fourth-order valence-electron chi connectivity index (χ4n) is 2.76. The van der Waals surface area contributed by atoms with Crippen molar-refractivity contribution in [2.24, 2.45) is 11.7 Å². The number of hydrogen-bond acceptors (Lipinski definition) is 3.